The molecule has 19 heavy (non-hydrogen) atoms. The molecule has 1 aromatic rings. The Hall–Kier alpha value is -1.84. The molecule has 2 N–H and O–H groups in total. The maximum absolute atomic E-state index is 12.3. The maximum atomic E-state index is 12.3. The first-order chi connectivity index (χ1) is 9.18. The Morgan fingerprint density at radius 2 is 1.89 bits per heavy atom. The second-order valence-corrected chi connectivity index (χ2v) is 5.47. The van der Waals surface area contributed by atoms with Crippen molar-refractivity contribution in [3.05, 3.63) is 29.3 Å². The minimum absolute atomic E-state index is 0.190. The smallest absolute Gasteiger partial charge is 0.263 e. The normalized spacial score (nSPS) is 19.3. The molecule has 0 spiro atoms. The van der Waals surface area contributed by atoms with E-state index in [-0.39, 0.29) is 11.8 Å². The van der Waals surface area contributed by atoms with Crippen LogP contribution in [0.4, 0.5) is 5.69 Å². The zero-order chi connectivity index (χ0) is 13.4. The van der Waals surface area contributed by atoms with E-state index in [1.165, 1.54) is 30.6 Å². The van der Waals surface area contributed by atoms with Gasteiger partial charge in [0.25, 0.3) is 11.8 Å². The van der Waals surface area contributed by atoms with E-state index in [0.29, 0.717) is 29.3 Å². The van der Waals surface area contributed by atoms with Crippen LogP contribution in [0.25, 0.3) is 0 Å². The van der Waals surface area contributed by atoms with Gasteiger partial charge in [-0.1, -0.05) is 31.7 Å². The van der Waals surface area contributed by atoms with Gasteiger partial charge in [-0.15, -0.1) is 0 Å². The van der Waals surface area contributed by atoms with Gasteiger partial charge in [-0.2, -0.15) is 0 Å². The number of anilines is 1. The average Bonchev–Trinajstić information content (AvgIpc) is 2.98. The highest BCUT2D eigenvalue weighted by atomic mass is 16.2. The highest BCUT2D eigenvalue weighted by Gasteiger charge is 2.36. The molecule has 1 aliphatic heterocycles. The Morgan fingerprint density at radius 1 is 1.16 bits per heavy atom. The van der Waals surface area contributed by atoms with Gasteiger partial charge in [0, 0.05) is 12.2 Å². The molecule has 2 aliphatic rings. The molecule has 1 aromatic carbocycles. The van der Waals surface area contributed by atoms with E-state index in [0.717, 1.165) is 6.42 Å². The quantitative estimate of drug-likeness (QED) is 0.669. The van der Waals surface area contributed by atoms with E-state index in [2.05, 4.69) is 0 Å². The second-order valence-electron chi connectivity index (χ2n) is 5.47. The number of nitrogens with zero attached hydrogens (tertiary/aromatic N) is 1. The van der Waals surface area contributed by atoms with Gasteiger partial charge in [0.15, 0.2) is 0 Å². The van der Waals surface area contributed by atoms with Crippen molar-refractivity contribution in [2.45, 2.75) is 32.1 Å². The molecule has 100 valence electrons. The van der Waals surface area contributed by atoms with Gasteiger partial charge in [-0.3, -0.25) is 14.5 Å². The van der Waals surface area contributed by atoms with Crippen LogP contribution < -0.4 is 5.73 Å². The summed E-state index contributed by atoms with van der Waals surface area (Å²) in [6, 6.07) is 5.08. The minimum Gasteiger partial charge on any atom is -0.398 e. The fourth-order valence-electron chi connectivity index (χ4n) is 3.17. The Morgan fingerprint density at radius 3 is 2.58 bits per heavy atom. The highest BCUT2D eigenvalue weighted by molar-refractivity contribution is 6.23. The first-order valence-corrected chi connectivity index (χ1v) is 6.93. The zero-order valence-corrected chi connectivity index (χ0v) is 10.9. The summed E-state index contributed by atoms with van der Waals surface area (Å²) >= 11 is 0. The maximum Gasteiger partial charge on any atom is 0.263 e. The molecule has 4 heteroatoms. The molecule has 1 aliphatic carbocycles. The van der Waals surface area contributed by atoms with Gasteiger partial charge in [0.2, 0.25) is 0 Å². The third kappa shape index (κ3) is 2.01. The number of carbonyl (C=O) groups is 2. The number of imide groups is 1. The summed E-state index contributed by atoms with van der Waals surface area (Å²) in [7, 11) is 0. The average molecular weight is 258 g/mol. The minimum atomic E-state index is -0.226. The van der Waals surface area contributed by atoms with Gasteiger partial charge in [0.1, 0.15) is 0 Å². The Kier molecular flexibility index (Phi) is 3.01. The molecule has 0 atom stereocenters. The number of benzene rings is 1. The molecule has 1 heterocycles. The lowest BCUT2D eigenvalue weighted by molar-refractivity contribution is 0.0646. The van der Waals surface area contributed by atoms with Gasteiger partial charge in [-0.05, 0) is 24.5 Å². The summed E-state index contributed by atoms with van der Waals surface area (Å²) in [5.74, 6) is 0.253. The van der Waals surface area contributed by atoms with E-state index >= 15 is 0 Å². The van der Waals surface area contributed by atoms with Crippen molar-refractivity contribution in [1.29, 1.82) is 0 Å². The summed E-state index contributed by atoms with van der Waals surface area (Å²) in [4.78, 5) is 25.8. The van der Waals surface area contributed by atoms with Crippen molar-refractivity contribution < 1.29 is 9.59 Å². The van der Waals surface area contributed by atoms with E-state index in [1.807, 2.05) is 0 Å². The monoisotopic (exact) mass is 258 g/mol. The number of hydrogen-bond donors (Lipinski definition) is 1. The number of hydrogen-bond acceptors (Lipinski definition) is 3. The van der Waals surface area contributed by atoms with Gasteiger partial charge >= 0.3 is 0 Å². The highest BCUT2D eigenvalue weighted by Crippen LogP contribution is 2.31. The van der Waals surface area contributed by atoms with Crippen LogP contribution in [-0.4, -0.2) is 23.3 Å². The first kappa shape index (κ1) is 12.2. The Labute approximate surface area is 112 Å². The molecule has 0 saturated heterocycles. The number of carbonyl (C=O) groups excluding carboxylic acids is 2. The molecule has 1 saturated carbocycles. The van der Waals surface area contributed by atoms with Crippen molar-refractivity contribution in [2.75, 3.05) is 12.3 Å². The zero-order valence-electron chi connectivity index (χ0n) is 10.9. The van der Waals surface area contributed by atoms with E-state index < -0.39 is 0 Å². The molecule has 2 amide bonds. The summed E-state index contributed by atoms with van der Waals surface area (Å²) in [6.07, 6.45) is 5.93. The number of nitrogen functional groups attached to an aromatic ring is 1. The fourth-order valence-corrected chi connectivity index (χ4v) is 3.17. The molecule has 0 radical (unpaired) electrons. The molecule has 0 aromatic heterocycles. The standard InChI is InChI=1S/C15H18N2O2/c16-12-7-3-6-11-13(12)15(19)17(14(11)18)9-8-10-4-1-2-5-10/h3,6-7,10H,1-2,4-5,8-9,16H2. The molecule has 0 bridgehead atoms. The molecule has 4 nitrogen and oxygen atoms in total. The Bertz CT molecular complexity index is 533. The first-order valence-electron chi connectivity index (χ1n) is 6.93. The lowest BCUT2D eigenvalue weighted by atomic mass is 10.0. The van der Waals surface area contributed by atoms with Crippen LogP contribution in [0.5, 0.6) is 0 Å². The van der Waals surface area contributed by atoms with Crippen LogP contribution >= 0.6 is 0 Å². The molecule has 0 unspecified atom stereocenters. The van der Waals surface area contributed by atoms with Crippen molar-refractivity contribution in [1.82, 2.24) is 4.90 Å². The third-order valence-electron chi connectivity index (χ3n) is 4.27. The number of nitrogens with two attached hydrogens (primary N) is 1. The Balaban J connectivity index is 1.76. The van der Waals surface area contributed by atoms with E-state index in [9.17, 15) is 9.59 Å². The molecule has 3 rings (SSSR count). The topological polar surface area (TPSA) is 63.4 Å². The summed E-state index contributed by atoms with van der Waals surface area (Å²) < 4.78 is 0. The number of fused-ring (bicyclic) bond motifs is 1. The van der Waals surface area contributed by atoms with Crippen LogP contribution in [0.15, 0.2) is 18.2 Å². The molecule has 1 fully saturated rings. The predicted octanol–water partition coefficient (Wildman–Crippen LogP) is 2.45. The van der Waals surface area contributed by atoms with Crippen LogP contribution in [0.1, 0.15) is 52.8 Å². The van der Waals surface area contributed by atoms with Crippen molar-refractivity contribution in [3.63, 3.8) is 0 Å². The van der Waals surface area contributed by atoms with Crippen LogP contribution in [-0.2, 0) is 0 Å². The fraction of sp³-hybridized carbons (Fsp3) is 0.467. The van der Waals surface area contributed by atoms with Crippen molar-refractivity contribution in [3.8, 4) is 0 Å². The van der Waals surface area contributed by atoms with Gasteiger partial charge in [-0.25, -0.2) is 0 Å². The van der Waals surface area contributed by atoms with E-state index in [1.54, 1.807) is 18.2 Å². The summed E-state index contributed by atoms with van der Waals surface area (Å²) in [6.45, 7) is 0.524. The van der Waals surface area contributed by atoms with Gasteiger partial charge in [0.05, 0.1) is 11.1 Å². The van der Waals surface area contributed by atoms with E-state index in [4.69, 9.17) is 5.73 Å². The molecular weight excluding hydrogens is 240 g/mol. The number of amides is 2. The lowest BCUT2D eigenvalue weighted by Gasteiger charge is -2.16. The summed E-state index contributed by atoms with van der Waals surface area (Å²) in [5.41, 5.74) is 7.05. The predicted molar refractivity (Wildman–Crippen MR) is 72.8 cm³/mol. The molecular formula is C15H18N2O2. The van der Waals surface area contributed by atoms with Crippen molar-refractivity contribution >= 4 is 17.5 Å². The largest absolute Gasteiger partial charge is 0.398 e. The van der Waals surface area contributed by atoms with Gasteiger partial charge < -0.3 is 5.73 Å². The van der Waals surface area contributed by atoms with Crippen LogP contribution in [0.2, 0.25) is 0 Å². The third-order valence-corrected chi connectivity index (χ3v) is 4.27. The SMILES string of the molecule is Nc1cccc2c1C(=O)N(CCC1CCCC1)C2=O. The van der Waals surface area contributed by atoms with Crippen LogP contribution in [0.3, 0.4) is 0 Å². The lowest BCUT2D eigenvalue weighted by Crippen LogP contribution is -2.31. The van der Waals surface area contributed by atoms with Crippen LogP contribution in [0, 0.1) is 5.92 Å². The van der Waals surface area contributed by atoms with Crippen molar-refractivity contribution in [2.24, 2.45) is 5.92 Å². The summed E-state index contributed by atoms with van der Waals surface area (Å²) in [5, 5.41) is 0. The number of rotatable bonds is 3. The second kappa shape index (κ2) is 4.68.